The van der Waals surface area contributed by atoms with Crippen molar-refractivity contribution >= 4 is 22.9 Å². The van der Waals surface area contributed by atoms with Crippen LogP contribution in [-0.4, -0.2) is 0 Å². The van der Waals surface area contributed by atoms with Crippen molar-refractivity contribution in [3.05, 3.63) is 56.7 Å². The molecule has 2 nitrogen and oxygen atoms in total. The Morgan fingerprint density at radius 1 is 1.29 bits per heavy atom. The molecule has 0 aliphatic rings. The van der Waals surface area contributed by atoms with Gasteiger partial charge in [-0.25, -0.2) is 0 Å². The molecule has 4 heteroatoms. The third kappa shape index (κ3) is 3.31. The number of benzene rings is 1. The number of thiophene rings is 1. The van der Waals surface area contributed by atoms with E-state index in [-0.39, 0.29) is 0 Å². The highest BCUT2D eigenvalue weighted by Gasteiger charge is 2.01. The molecule has 0 spiro atoms. The van der Waals surface area contributed by atoms with Gasteiger partial charge in [-0.2, -0.15) is 16.6 Å². The molecule has 0 atom stereocenters. The summed E-state index contributed by atoms with van der Waals surface area (Å²) in [4.78, 5) is 0. The molecule has 2 rings (SSSR count). The number of halogens is 1. The van der Waals surface area contributed by atoms with Crippen LogP contribution in [0.3, 0.4) is 0 Å². The predicted octanol–water partition coefficient (Wildman–Crippen LogP) is 3.56. The summed E-state index contributed by atoms with van der Waals surface area (Å²) in [6, 6.07) is 9.54. The molecular weight excluding hydrogens is 252 g/mol. The Labute approximate surface area is 109 Å². The van der Waals surface area contributed by atoms with Gasteiger partial charge in [0.15, 0.2) is 0 Å². The number of nitriles is 1. The van der Waals surface area contributed by atoms with Crippen LogP contribution in [0.4, 0.5) is 0 Å². The molecule has 1 aromatic heterocycles. The van der Waals surface area contributed by atoms with Crippen LogP contribution in [0.1, 0.15) is 16.7 Å². The minimum absolute atomic E-state index is 0.594. The minimum atomic E-state index is 0.594. The fourth-order valence-electron chi connectivity index (χ4n) is 1.49. The summed E-state index contributed by atoms with van der Waals surface area (Å²) < 4.78 is 0. The average Bonchev–Trinajstić information content (AvgIpc) is 2.84. The largest absolute Gasteiger partial charge is 0.309 e. The van der Waals surface area contributed by atoms with Gasteiger partial charge >= 0.3 is 0 Å². The maximum absolute atomic E-state index is 8.73. The van der Waals surface area contributed by atoms with E-state index in [0.29, 0.717) is 17.1 Å². The molecule has 0 radical (unpaired) electrons. The van der Waals surface area contributed by atoms with Gasteiger partial charge in [0.1, 0.15) is 0 Å². The normalized spacial score (nSPS) is 10.1. The first kappa shape index (κ1) is 12.1. The van der Waals surface area contributed by atoms with E-state index in [1.54, 1.807) is 23.5 Å². The molecular formula is C13H11ClN2S. The van der Waals surface area contributed by atoms with Gasteiger partial charge in [-0.1, -0.05) is 17.7 Å². The molecule has 1 N–H and O–H groups in total. The van der Waals surface area contributed by atoms with Gasteiger partial charge in [0, 0.05) is 18.1 Å². The molecule has 0 aliphatic heterocycles. The van der Waals surface area contributed by atoms with Crippen LogP contribution in [0.2, 0.25) is 5.02 Å². The summed E-state index contributed by atoms with van der Waals surface area (Å²) >= 11 is 7.77. The van der Waals surface area contributed by atoms with Crippen molar-refractivity contribution < 1.29 is 0 Å². The molecule has 0 amide bonds. The molecule has 2 aromatic rings. The third-order valence-corrected chi connectivity index (χ3v) is 3.49. The van der Waals surface area contributed by atoms with Gasteiger partial charge < -0.3 is 5.32 Å². The van der Waals surface area contributed by atoms with E-state index in [4.69, 9.17) is 16.9 Å². The van der Waals surface area contributed by atoms with E-state index in [2.05, 4.69) is 28.2 Å². The highest BCUT2D eigenvalue weighted by Crippen LogP contribution is 2.17. The molecule has 0 saturated heterocycles. The average molecular weight is 263 g/mol. The van der Waals surface area contributed by atoms with Crippen molar-refractivity contribution in [1.29, 1.82) is 5.26 Å². The maximum atomic E-state index is 8.73. The zero-order valence-corrected chi connectivity index (χ0v) is 10.7. The number of rotatable bonds is 4. The summed E-state index contributed by atoms with van der Waals surface area (Å²) in [6.45, 7) is 1.54. The Morgan fingerprint density at radius 3 is 2.82 bits per heavy atom. The van der Waals surface area contributed by atoms with E-state index in [9.17, 15) is 0 Å². The molecule has 86 valence electrons. The second-order valence-corrected chi connectivity index (χ2v) is 4.84. The van der Waals surface area contributed by atoms with Crippen LogP contribution in [0.5, 0.6) is 0 Å². The molecule has 0 bridgehead atoms. The number of nitrogens with zero attached hydrogens (tertiary/aromatic N) is 1. The number of hydrogen-bond donors (Lipinski definition) is 1. The van der Waals surface area contributed by atoms with Crippen LogP contribution in [0.25, 0.3) is 0 Å². The summed E-state index contributed by atoms with van der Waals surface area (Å²) in [7, 11) is 0. The van der Waals surface area contributed by atoms with Gasteiger partial charge in [-0.05, 0) is 40.1 Å². The lowest BCUT2D eigenvalue weighted by molar-refractivity contribution is 0.695. The van der Waals surface area contributed by atoms with E-state index in [1.165, 1.54) is 5.56 Å². The van der Waals surface area contributed by atoms with E-state index >= 15 is 0 Å². The van der Waals surface area contributed by atoms with E-state index < -0.39 is 0 Å². The lowest BCUT2D eigenvalue weighted by Crippen LogP contribution is -2.12. The van der Waals surface area contributed by atoms with Crippen LogP contribution >= 0.6 is 22.9 Å². The lowest BCUT2D eigenvalue weighted by atomic mass is 10.1. The molecule has 17 heavy (non-hydrogen) atoms. The second kappa shape index (κ2) is 5.83. The first-order chi connectivity index (χ1) is 8.29. The van der Waals surface area contributed by atoms with Gasteiger partial charge in [0.2, 0.25) is 0 Å². The standard InChI is InChI=1S/C13H11ClN2S/c14-13-5-10(6-15)1-2-12(13)8-16-7-11-3-4-17-9-11/h1-5,9,16H,7-8H2. The number of nitrogens with one attached hydrogen (secondary N) is 1. The Morgan fingerprint density at radius 2 is 2.18 bits per heavy atom. The minimum Gasteiger partial charge on any atom is -0.309 e. The van der Waals surface area contributed by atoms with Gasteiger partial charge in [-0.3, -0.25) is 0 Å². The van der Waals surface area contributed by atoms with Crippen molar-refractivity contribution in [3.63, 3.8) is 0 Å². The molecule has 0 fully saturated rings. The summed E-state index contributed by atoms with van der Waals surface area (Å²) in [6.07, 6.45) is 0. The monoisotopic (exact) mass is 262 g/mol. The Bertz CT molecular complexity index is 529. The van der Waals surface area contributed by atoms with Crippen molar-refractivity contribution in [2.24, 2.45) is 0 Å². The van der Waals surface area contributed by atoms with Gasteiger partial charge in [0.05, 0.1) is 11.6 Å². The fourth-order valence-corrected chi connectivity index (χ4v) is 2.41. The SMILES string of the molecule is N#Cc1ccc(CNCc2ccsc2)c(Cl)c1. The van der Waals surface area contributed by atoms with Crippen molar-refractivity contribution in [1.82, 2.24) is 5.32 Å². The second-order valence-electron chi connectivity index (χ2n) is 3.65. The van der Waals surface area contributed by atoms with Crippen LogP contribution in [-0.2, 0) is 13.1 Å². The molecule has 0 aliphatic carbocycles. The molecule has 0 saturated carbocycles. The zero-order valence-electron chi connectivity index (χ0n) is 9.11. The first-order valence-electron chi connectivity index (χ1n) is 5.20. The first-order valence-corrected chi connectivity index (χ1v) is 6.52. The highest BCUT2D eigenvalue weighted by molar-refractivity contribution is 7.07. The third-order valence-electron chi connectivity index (χ3n) is 2.41. The smallest absolute Gasteiger partial charge is 0.0992 e. The topological polar surface area (TPSA) is 35.8 Å². The van der Waals surface area contributed by atoms with Gasteiger partial charge in [-0.15, -0.1) is 0 Å². The predicted molar refractivity (Wildman–Crippen MR) is 71.0 cm³/mol. The summed E-state index contributed by atoms with van der Waals surface area (Å²) in [5.74, 6) is 0. The van der Waals surface area contributed by atoms with Gasteiger partial charge in [0.25, 0.3) is 0 Å². The quantitative estimate of drug-likeness (QED) is 0.915. The molecule has 1 heterocycles. The Balaban J connectivity index is 1.93. The van der Waals surface area contributed by atoms with Crippen molar-refractivity contribution in [3.8, 4) is 6.07 Å². The van der Waals surface area contributed by atoms with Crippen molar-refractivity contribution in [2.45, 2.75) is 13.1 Å². The Kier molecular flexibility index (Phi) is 4.16. The zero-order chi connectivity index (χ0) is 12.1. The van der Waals surface area contributed by atoms with E-state index in [1.807, 2.05) is 6.07 Å². The van der Waals surface area contributed by atoms with Crippen LogP contribution in [0, 0.1) is 11.3 Å². The number of hydrogen-bond acceptors (Lipinski definition) is 3. The van der Waals surface area contributed by atoms with E-state index in [0.717, 1.165) is 12.1 Å². The fraction of sp³-hybridized carbons (Fsp3) is 0.154. The maximum Gasteiger partial charge on any atom is 0.0992 e. The van der Waals surface area contributed by atoms with Crippen LogP contribution < -0.4 is 5.32 Å². The lowest BCUT2D eigenvalue weighted by Gasteiger charge is -2.06. The molecule has 1 aromatic carbocycles. The Hall–Kier alpha value is -1.34. The summed E-state index contributed by atoms with van der Waals surface area (Å²) in [5, 5.41) is 16.9. The molecule has 0 unspecified atom stereocenters. The van der Waals surface area contributed by atoms with Crippen molar-refractivity contribution in [2.75, 3.05) is 0 Å². The van der Waals surface area contributed by atoms with Crippen LogP contribution in [0.15, 0.2) is 35.0 Å². The summed E-state index contributed by atoms with van der Waals surface area (Å²) in [5.41, 5.74) is 2.89. The highest BCUT2D eigenvalue weighted by atomic mass is 35.5.